The predicted molar refractivity (Wildman–Crippen MR) is 197 cm³/mol. The van der Waals surface area contributed by atoms with Crippen LogP contribution in [0.1, 0.15) is 92.3 Å². The molecule has 0 spiro atoms. The standard InChI is InChI=1S/C45H46N/c1-8-12-29(3)36-23-19-34(27-31(36)5)37-24-18-32-16-17-33-21-26-43(46(7)44(33)38(32)22-15-30(37)4)35-20-25-40-39-13-10-11-14-41(39)45(6,9-2)42(40)28-35/h8,10-14,16-21,23-29H,9,15,22H2,1-7H3/q+1. The highest BCUT2D eigenvalue weighted by atomic mass is 14.9. The first-order valence-corrected chi connectivity index (χ1v) is 17.1. The van der Waals surface area contributed by atoms with Gasteiger partial charge in [0.25, 0.3) is 0 Å². The van der Waals surface area contributed by atoms with E-state index in [0.717, 1.165) is 19.3 Å². The van der Waals surface area contributed by atoms with Crippen LogP contribution in [0.4, 0.5) is 0 Å². The normalized spacial score (nSPS) is 18.0. The molecule has 1 nitrogen and oxygen atoms in total. The fourth-order valence-electron chi connectivity index (χ4n) is 8.28. The van der Waals surface area contributed by atoms with Crippen molar-refractivity contribution >= 4 is 22.6 Å². The average molecular weight is 601 g/mol. The molecule has 0 saturated heterocycles. The molecule has 2 atom stereocenters. The van der Waals surface area contributed by atoms with Crippen LogP contribution in [-0.4, -0.2) is 0 Å². The van der Waals surface area contributed by atoms with Gasteiger partial charge in [0.15, 0.2) is 0 Å². The number of rotatable bonds is 5. The monoisotopic (exact) mass is 600 g/mol. The van der Waals surface area contributed by atoms with Gasteiger partial charge in [0.1, 0.15) is 7.05 Å². The van der Waals surface area contributed by atoms with E-state index in [-0.39, 0.29) is 5.41 Å². The minimum absolute atomic E-state index is 0.0305. The second-order valence-electron chi connectivity index (χ2n) is 13.8. The summed E-state index contributed by atoms with van der Waals surface area (Å²) in [4.78, 5) is 0. The Hall–Kier alpha value is -4.49. The average Bonchev–Trinajstić information content (AvgIpc) is 3.31. The largest absolute Gasteiger partial charge is 0.216 e. The summed E-state index contributed by atoms with van der Waals surface area (Å²) in [5, 5.41) is 1.30. The van der Waals surface area contributed by atoms with Gasteiger partial charge in [-0.25, -0.2) is 0 Å². The second kappa shape index (κ2) is 11.7. The van der Waals surface area contributed by atoms with E-state index in [1.165, 1.54) is 83.4 Å². The van der Waals surface area contributed by atoms with Crippen molar-refractivity contribution in [1.82, 2.24) is 0 Å². The Balaban J connectivity index is 1.29. The van der Waals surface area contributed by atoms with Crippen LogP contribution in [0.2, 0.25) is 0 Å². The van der Waals surface area contributed by atoms with E-state index in [1.54, 1.807) is 0 Å². The third-order valence-electron chi connectivity index (χ3n) is 11.1. The van der Waals surface area contributed by atoms with Crippen LogP contribution >= 0.6 is 0 Å². The first kappa shape index (κ1) is 30.2. The molecule has 0 radical (unpaired) electrons. The van der Waals surface area contributed by atoms with Crippen molar-refractivity contribution in [2.24, 2.45) is 7.05 Å². The van der Waals surface area contributed by atoms with Crippen LogP contribution in [0.3, 0.4) is 0 Å². The van der Waals surface area contributed by atoms with Gasteiger partial charge in [0, 0.05) is 28.0 Å². The number of aromatic nitrogens is 1. The second-order valence-corrected chi connectivity index (χ2v) is 13.8. The van der Waals surface area contributed by atoms with Gasteiger partial charge in [-0.05, 0) is 120 Å². The molecule has 0 amide bonds. The van der Waals surface area contributed by atoms with Gasteiger partial charge in [-0.1, -0.05) is 105 Å². The van der Waals surface area contributed by atoms with Crippen molar-refractivity contribution < 1.29 is 4.57 Å². The van der Waals surface area contributed by atoms with Crippen LogP contribution < -0.4 is 4.57 Å². The molecule has 0 saturated carbocycles. The van der Waals surface area contributed by atoms with Crippen LogP contribution in [0.15, 0.2) is 109 Å². The molecule has 4 aromatic carbocycles. The highest BCUT2D eigenvalue weighted by Crippen LogP contribution is 2.51. The maximum Gasteiger partial charge on any atom is 0.216 e. The van der Waals surface area contributed by atoms with E-state index in [9.17, 15) is 0 Å². The molecule has 2 aliphatic rings. The van der Waals surface area contributed by atoms with E-state index in [1.807, 2.05) is 0 Å². The van der Waals surface area contributed by atoms with Gasteiger partial charge in [0.2, 0.25) is 11.2 Å². The van der Waals surface area contributed by atoms with Gasteiger partial charge in [0.05, 0.1) is 0 Å². The fraction of sp³-hybridized carbons (Fsp3) is 0.267. The summed E-state index contributed by atoms with van der Waals surface area (Å²) in [5.74, 6) is 0.428. The summed E-state index contributed by atoms with van der Waals surface area (Å²) in [6.07, 6.45) is 12.3. The third kappa shape index (κ3) is 4.80. The van der Waals surface area contributed by atoms with Gasteiger partial charge < -0.3 is 0 Å². The van der Waals surface area contributed by atoms with Crippen molar-refractivity contribution in [2.75, 3.05) is 0 Å². The molecular weight excluding hydrogens is 555 g/mol. The Morgan fingerprint density at radius 2 is 1.59 bits per heavy atom. The van der Waals surface area contributed by atoms with Crippen LogP contribution in [0, 0.1) is 6.92 Å². The Morgan fingerprint density at radius 3 is 2.37 bits per heavy atom. The van der Waals surface area contributed by atoms with Gasteiger partial charge in [-0.2, -0.15) is 4.57 Å². The smallest absolute Gasteiger partial charge is 0.194 e. The minimum atomic E-state index is 0.0305. The predicted octanol–water partition coefficient (Wildman–Crippen LogP) is 11.4. The number of aryl methyl sites for hydroxylation is 3. The SMILES string of the molecule is CC=CC(C)c1ccc(C2=C(C)CCc3c(ccc4ccc(-c5ccc6c(c5)C(C)(CC)c5ccccc5-6)[n+](C)c34)C=C2)cc1C. The highest BCUT2D eigenvalue weighted by Gasteiger charge is 2.38. The molecule has 1 heteroatoms. The number of hydrogen-bond donors (Lipinski definition) is 0. The first-order chi connectivity index (χ1) is 22.2. The summed E-state index contributed by atoms with van der Waals surface area (Å²) in [6, 6.07) is 32.4. The van der Waals surface area contributed by atoms with Crippen molar-refractivity contribution in [1.29, 1.82) is 0 Å². The topological polar surface area (TPSA) is 3.88 Å². The maximum atomic E-state index is 2.47. The number of nitrogens with zero attached hydrogens (tertiary/aromatic N) is 1. The van der Waals surface area contributed by atoms with E-state index in [2.05, 4.69) is 162 Å². The van der Waals surface area contributed by atoms with E-state index < -0.39 is 0 Å². The van der Waals surface area contributed by atoms with Crippen molar-refractivity contribution in [3.05, 3.63) is 148 Å². The molecular formula is C45H46N+. The summed E-state index contributed by atoms with van der Waals surface area (Å²) >= 11 is 0. The molecule has 5 aromatic rings. The molecule has 1 heterocycles. The third-order valence-corrected chi connectivity index (χ3v) is 11.1. The zero-order valence-corrected chi connectivity index (χ0v) is 28.5. The highest BCUT2D eigenvalue weighted by molar-refractivity contribution is 5.89. The molecule has 7 rings (SSSR count). The number of allylic oxidation sites excluding steroid dienone is 5. The molecule has 2 unspecified atom stereocenters. The number of pyridine rings is 1. The van der Waals surface area contributed by atoms with E-state index in [4.69, 9.17) is 0 Å². The molecule has 1 aromatic heterocycles. The molecule has 230 valence electrons. The summed E-state index contributed by atoms with van der Waals surface area (Å²) in [7, 11) is 2.26. The van der Waals surface area contributed by atoms with Gasteiger partial charge >= 0.3 is 0 Å². The van der Waals surface area contributed by atoms with E-state index >= 15 is 0 Å². The van der Waals surface area contributed by atoms with Gasteiger partial charge in [-0.15, -0.1) is 0 Å². The Labute approximate surface area is 275 Å². The van der Waals surface area contributed by atoms with E-state index in [0.29, 0.717) is 5.92 Å². The minimum Gasteiger partial charge on any atom is -0.194 e. The lowest BCUT2D eigenvalue weighted by molar-refractivity contribution is -0.633. The van der Waals surface area contributed by atoms with Crippen LogP contribution in [0.25, 0.3) is 44.9 Å². The molecule has 0 aliphatic heterocycles. The van der Waals surface area contributed by atoms with Crippen molar-refractivity contribution in [2.45, 2.75) is 72.1 Å². The van der Waals surface area contributed by atoms with Crippen LogP contribution in [-0.2, 0) is 18.9 Å². The Kier molecular flexibility index (Phi) is 7.68. The zero-order valence-electron chi connectivity index (χ0n) is 28.5. The van der Waals surface area contributed by atoms with Crippen molar-refractivity contribution in [3.8, 4) is 22.4 Å². The Morgan fingerprint density at radius 1 is 0.826 bits per heavy atom. The van der Waals surface area contributed by atoms with Crippen LogP contribution in [0.5, 0.6) is 0 Å². The lowest BCUT2D eigenvalue weighted by atomic mass is 9.77. The fourth-order valence-corrected chi connectivity index (χ4v) is 8.28. The maximum absolute atomic E-state index is 2.47. The van der Waals surface area contributed by atoms with Crippen molar-refractivity contribution in [3.63, 3.8) is 0 Å². The molecule has 0 N–H and O–H groups in total. The summed E-state index contributed by atoms with van der Waals surface area (Å²) in [6.45, 7) is 13.7. The molecule has 2 aliphatic carbocycles. The van der Waals surface area contributed by atoms with Gasteiger partial charge in [-0.3, -0.25) is 0 Å². The molecule has 0 bridgehead atoms. The first-order valence-electron chi connectivity index (χ1n) is 17.1. The number of fused-ring (bicyclic) bond motifs is 6. The molecule has 46 heavy (non-hydrogen) atoms. The summed E-state index contributed by atoms with van der Waals surface area (Å²) in [5.41, 5.74) is 19.3. The molecule has 0 fully saturated rings. The Bertz CT molecular complexity index is 2100. The lowest BCUT2D eigenvalue weighted by Gasteiger charge is -2.25. The number of hydrogen-bond acceptors (Lipinski definition) is 0. The quantitative estimate of drug-likeness (QED) is 0.140. The number of benzene rings is 4. The summed E-state index contributed by atoms with van der Waals surface area (Å²) < 4.78 is 2.45. The lowest BCUT2D eigenvalue weighted by Crippen LogP contribution is -2.33. The zero-order chi connectivity index (χ0) is 32.2.